The Hall–Kier alpha value is -0.910. The van der Waals surface area contributed by atoms with Gasteiger partial charge in [-0.05, 0) is 88.8 Å². The fraction of sp³-hybridized carbons (Fsp3) is 0.667. The van der Waals surface area contributed by atoms with Crippen molar-refractivity contribution >= 4 is 21.8 Å². The summed E-state index contributed by atoms with van der Waals surface area (Å²) >= 11 is 3.46. The van der Waals surface area contributed by atoms with Crippen LogP contribution in [0.4, 0.5) is 0 Å². The molecule has 4 rings (SSSR count). The highest BCUT2D eigenvalue weighted by atomic mass is 79.9. The van der Waals surface area contributed by atoms with Crippen LogP contribution in [0.15, 0.2) is 28.7 Å². The molecule has 3 unspecified atom stereocenters. The molecule has 1 spiro atoms. The highest BCUT2D eigenvalue weighted by Gasteiger charge is 2.46. The molecule has 2 saturated heterocycles. The van der Waals surface area contributed by atoms with Crippen LogP contribution in [0.3, 0.4) is 0 Å². The van der Waals surface area contributed by atoms with Crippen LogP contribution in [-0.2, 0) is 0 Å². The summed E-state index contributed by atoms with van der Waals surface area (Å²) in [5, 5.41) is 3.82. The molecule has 2 aliphatic heterocycles. The van der Waals surface area contributed by atoms with Crippen LogP contribution in [-0.4, -0.2) is 60.0 Å². The van der Waals surface area contributed by atoms with Crippen LogP contribution in [0.5, 0.6) is 0 Å². The number of carbonyl (C=O) groups excluding carboxylic acids is 1. The molecule has 1 N–H and O–H groups in total. The van der Waals surface area contributed by atoms with Gasteiger partial charge < -0.3 is 10.2 Å². The van der Waals surface area contributed by atoms with Gasteiger partial charge in [-0.15, -0.1) is 0 Å². The summed E-state index contributed by atoms with van der Waals surface area (Å²) in [5.41, 5.74) is 1.11. The number of likely N-dealkylation sites (N-methyl/N-ethyl adjacent to an activating group) is 1. The summed E-state index contributed by atoms with van der Waals surface area (Å²) in [6.45, 7) is 3.54. The fourth-order valence-electron chi connectivity index (χ4n) is 5.36. The van der Waals surface area contributed by atoms with E-state index in [2.05, 4.69) is 26.1 Å². The predicted molar refractivity (Wildman–Crippen MR) is 108 cm³/mol. The maximum absolute atomic E-state index is 13.1. The standard InChI is InChI=1S/C21H30BrN3O/c1-24(20(26)16-5-7-17(22)8-6-16)18-9-11-21(10-4-12-23-21)15-19(18)25-13-2-3-14-25/h5-8,18-19,23H,2-4,9-15H2,1H3. The van der Waals surface area contributed by atoms with Gasteiger partial charge in [-0.25, -0.2) is 0 Å². The third-order valence-corrected chi connectivity index (χ3v) is 7.34. The summed E-state index contributed by atoms with van der Waals surface area (Å²) in [4.78, 5) is 17.8. The maximum Gasteiger partial charge on any atom is 0.253 e. The number of carbonyl (C=O) groups is 1. The largest absolute Gasteiger partial charge is 0.337 e. The molecule has 0 radical (unpaired) electrons. The molecule has 1 amide bonds. The summed E-state index contributed by atoms with van der Waals surface area (Å²) in [5.74, 6) is 0.155. The van der Waals surface area contributed by atoms with Gasteiger partial charge in [0.1, 0.15) is 0 Å². The monoisotopic (exact) mass is 419 g/mol. The van der Waals surface area contributed by atoms with Gasteiger partial charge in [0.25, 0.3) is 5.91 Å². The average Bonchev–Trinajstić information content (AvgIpc) is 3.34. The molecule has 0 aromatic heterocycles. The second kappa shape index (κ2) is 7.61. The van der Waals surface area contributed by atoms with E-state index in [0.29, 0.717) is 17.6 Å². The zero-order valence-electron chi connectivity index (χ0n) is 15.7. The number of amides is 1. The fourth-order valence-corrected chi connectivity index (χ4v) is 5.62. The molecular weight excluding hydrogens is 390 g/mol. The maximum atomic E-state index is 13.1. The van der Waals surface area contributed by atoms with E-state index in [9.17, 15) is 4.79 Å². The lowest BCUT2D eigenvalue weighted by molar-refractivity contribution is 0.0320. The van der Waals surface area contributed by atoms with Gasteiger partial charge in [0.2, 0.25) is 0 Å². The van der Waals surface area contributed by atoms with E-state index in [-0.39, 0.29) is 5.91 Å². The Morgan fingerprint density at radius 1 is 1.19 bits per heavy atom. The Bertz CT molecular complexity index is 635. The third-order valence-electron chi connectivity index (χ3n) is 6.81. The van der Waals surface area contributed by atoms with Crippen LogP contribution in [0.25, 0.3) is 0 Å². The summed E-state index contributed by atoms with van der Waals surface area (Å²) < 4.78 is 1.01. The van der Waals surface area contributed by atoms with Crippen LogP contribution in [0.2, 0.25) is 0 Å². The molecule has 3 aliphatic rings. The third kappa shape index (κ3) is 3.58. The van der Waals surface area contributed by atoms with Crippen molar-refractivity contribution in [1.82, 2.24) is 15.1 Å². The Kier molecular flexibility index (Phi) is 5.40. The second-order valence-corrected chi connectivity index (χ2v) is 9.27. The van der Waals surface area contributed by atoms with E-state index in [0.717, 1.165) is 23.0 Å². The molecular formula is C21H30BrN3O. The highest BCUT2D eigenvalue weighted by Crippen LogP contribution is 2.40. The normalized spacial score (nSPS) is 32.2. The molecule has 3 fully saturated rings. The molecule has 2 heterocycles. The Balaban J connectivity index is 1.54. The predicted octanol–water partition coefficient (Wildman–Crippen LogP) is 3.66. The van der Waals surface area contributed by atoms with E-state index in [1.54, 1.807) is 0 Å². The Labute approximate surface area is 165 Å². The Morgan fingerprint density at radius 2 is 1.92 bits per heavy atom. The van der Waals surface area contributed by atoms with E-state index in [1.807, 2.05) is 36.2 Å². The van der Waals surface area contributed by atoms with E-state index in [4.69, 9.17) is 0 Å². The average molecular weight is 420 g/mol. The number of hydrogen-bond acceptors (Lipinski definition) is 3. The highest BCUT2D eigenvalue weighted by molar-refractivity contribution is 9.10. The molecule has 1 aromatic carbocycles. The molecule has 1 aliphatic carbocycles. The first-order valence-corrected chi connectivity index (χ1v) is 10.9. The van der Waals surface area contributed by atoms with Crippen molar-refractivity contribution in [2.45, 2.75) is 62.6 Å². The first kappa shape index (κ1) is 18.5. The van der Waals surface area contributed by atoms with Crippen LogP contribution in [0.1, 0.15) is 55.3 Å². The van der Waals surface area contributed by atoms with Gasteiger partial charge in [-0.3, -0.25) is 9.69 Å². The number of likely N-dealkylation sites (tertiary alicyclic amines) is 1. The summed E-state index contributed by atoms with van der Waals surface area (Å²) in [6, 6.07) is 8.57. The zero-order valence-corrected chi connectivity index (χ0v) is 17.3. The van der Waals surface area contributed by atoms with Crippen molar-refractivity contribution in [3.8, 4) is 0 Å². The minimum absolute atomic E-state index is 0.155. The van der Waals surface area contributed by atoms with Gasteiger partial charge >= 0.3 is 0 Å². The van der Waals surface area contributed by atoms with Gasteiger partial charge in [0.15, 0.2) is 0 Å². The lowest BCUT2D eigenvalue weighted by Crippen LogP contribution is -2.60. The van der Waals surface area contributed by atoms with Crippen LogP contribution in [0, 0.1) is 0 Å². The molecule has 1 saturated carbocycles. The first-order chi connectivity index (χ1) is 12.6. The lowest BCUT2D eigenvalue weighted by atomic mass is 9.74. The molecule has 1 aromatic rings. The number of halogens is 1. The van der Waals surface area contributed by atoms with Crippen LogP contribution >= 0.6 is 15.9 Å². The minimum Gasteiger partial charge on any atom is -0.337 e. The van der Waals surface area contributed by atoms with Crippen molar-refractivity contribution in [3.63, 3.8) is 0 Å². The van der Waals surface area contributed by atoms with Gasteiger partial charge in [-0.1, -0.05) is 15.9 Å². The van der Waals surface area contributed by atoms with Gasteiger partial charge in [0.05, 0.1) is 0 Å². The van der Waals surface area contributed by atoms with Gasteiger partial charge in [-0.2, -0.15) is 0 Å². The van der Waals surface area contributed by atoms with E-state index in [1.165, 1.54) is 51.6 Å². The molecule has 5 heteroatoms. The minimum atomic E-state index is 0.155. The second-order valence-electron chi connectivity index (χ2n) is 8.35. The number of nitrogens with zero attached hydrogens (tertiary/aromatic N) is 2. The summed E-state index contributed by atoms with van der Waals surface area (Å²) in [7, 11) is 2.01. The SMILES string of the molecule is CN(C(=O)c1ccc(Br)cc1)C1CCC2(CCCN2)CC1N1CCCC1. The van der Waals surface area contributed by atoms with E-state index >= 15 is 0 Å². The smallest absolute Gasteiger partial charge is 0.253 e. The van der Waals surface area contributed by atoms with E-state index < -0.39 is 0 Å². The molecule has 26 heavy (non-hydrogen) atoms. The quantitative estimate of drug-likeness (QED) is 0.811. The number of nitrogens with one attached hydrogen (secondary N) is 1. The molecule has 142 valence electrons. The molecule has 4 nitrogen and oxygen atoms in total. The topological polar surface area (TPSA) is 35.6 Å². The number of rotatable bonds is 3. The molecule has 0 bridgehead atoms. The lowest BCUT2D eigenvalue weighted by Gasteiger charge is -2.49. The van der Waals surface area contributed by atoms with Crippen molar-refractivity contribution in [1.29, 1.82) is 0 Å². The van der Waals surface area contributed by atoms with Crippen molar-refractivity contribution in [2.75, 3.05) is 26.7 Å². The number of hydrogen-bond donors (Lipinski definition) is 1. The first-order valence-electron chi connectivity index (χ1n) is 10.1. The van der Waals surface area contributed by atoms with Crippen molar-refractivity contribution < 1.29 is 4.79 Å². The van der Waals surface area contributed by atoms with Crippen molar-refractivity contribution in [3.05, 3.63) is 34.3 Å². The zero-order chi connectivity index (χ0) is 18.1. The van der Waals surface area contributed by atoms with Crippen LogP contribution < -0.4 is 5.32 Å². The Morgan fingerprint density at radius 3 is 2.58 bits per heavy atom. The van der Waals surface area contributed by atoms with Crippen molar-refractivity contribution in [2.24, 2.45) is 0 Å². The summed E-state index contributed by atoms with van der Waals surface area (Å²) in [6.07, 6.45) is 8.68. The molecule has 3 atom stereocenters. The van der Waals surface area contributed by atoms with Gasteiger partial charge in [0, 0.05) is 34.7 Å². The number of benzene rings is 1.